The van der Waals surface area contributed by atoms with E-state index in [1.165, 1.54) is 11.3 Å². The monoisotopic (exact) mass is 318 g/mol. The topological polar surface area (TPSA) is 74.4 Å². The molecule has 1 fully saturated rings. The quantitative estimate of drug-likeness (QED) is 0.857. The Balaban J connectivity index is 1.64. The van der Waals surface area contributed by atoms with Crippen LogP contribution in [-0.4, -0.2) is 23.7 Å². The predicted molar refractivity (Wildman–Crippen MR) is 85.8 cm³/mol. The fourth-order valence-electron chi connectivity index (χ4n) is 2.58. The third kappa shape index (κ3) is 3.57. The molecule has 0 radical (unpaired) electrons. The third-order valence-electron chi connectivity index (χ3n) is 3.63. The smallest absolute Gasteiger partial charge is 0.344 e. The Hall–Kier alpha value is -2.08. The van der Waals surface area contributed by atoms with Crippen LogP contribution in [0.2, 0.25) is 0 Å². The second-order valence-electron chi connectivity index (χ2n) is 5.25. The van der Waals surface area contributed by atoms with E-state index in [4.69, 9.17) is 15.2 Å². The number of rotatable bonds is 5. The molecule has 1 aromatic heterocycles. The van der Waals surface area contributed by atoms with E-state index < -0.39 is 0 Å². The average molecular weight is 318 g/mol. The van der Waals surface area contributed by atoms with Gasteiger partial charge in [0.15, 0.2) is 11.7 Å². The number of nitrogen functional groups attached to an aromatic ring is 1. The van der Waals surface area contributed by atoms with E-state index in [-0.39, 0.29) is 18.7 Å². The zero-order valence-electron chi connectivity index (χ0n) is 12.2. The van der Waals surface area contributed by atoms with Crippen molar-refractivity contribution in [2.75, 3.05) is 12.3 Å². The van der Waals surface area contributed by atoms with Gasteiger partial charge in [0, 0.05) is 10.9 Å². The minimum Gasteiger partial charge on any atom is -0.481 e. The number of carbonyl (C=O) groups is 1. The summed E-state index contributed by atoms with van der Waals surface area (Å²) in [6.45, 7) is -0.0901. The van der Waals surface area contributed by atoms with E-state index in [9.17, 15) is 4.79 Å². The van der Waals surface area contributed by atoms with Crippen molar-refractivity contribution < 1.29 is 14.3 Å². The standard InChI is InChI=1S/C16H18N2O3S/c17-16-18-13(10-22-16)12-7-3-4-8-14(12)20-9-15(19)21-11-5-1-2-6-11/h3-4,7-8,10-11H,1-2,5-6,9H2,(H2,17,18). The van der Waals surface area contributed by atoms with Crippen molar-refractivity contribution in [3.8, 4) is 17.0 Å². The van der Waals surface area contributed by atoms with E-state index in [0.717, 1.165) is 36.9 Å². The molecule has 0 bridgehead atoms. The molecule has 6 heteroatoms. The SMILES string of the molecule is Nc1nc(-c2ccccc2OCC(=O)OC2CCCC2)cs1. The first-order chi connectivity index (χ1) is 10.7. The van der Waals surface area contributed by atoms with Crippen LogP contribution >= 0.6 is 11.3 Å². The van der Waals surface area contributed by atoms with Crippen LogP contribution in [-0.2, 0) is 9.53 Å². The zero-order valence-corrected chi connectivity index (χ0v) is 13.0. The van der Waals surface area contributed by atoms with Gasteiger partial charge >= 0.3 is 5.97 Å². The van der Waals surface area contributed by atoms with E-state index >= 15 is 0 Å². The number of ether oxygens (including phenoxy) is 2. The Morgan fingerprint density at radius 3 is 2.82 bits per heavy atom. The van der Waals surface area contributed by atoms with E-state index in [1.807, 2.05) is 29.6 Å². The molecule has 3 rings (SSSR count). The minimum absolute atomic E-state index is 0.0599. The zero-order chi connectivity index (χ0) is 15.4. The van der Waals surface area contributed by atoms with Crippen molar-refractivity contribution in [3.63, 3.8) is 0 Å². The largest absolute Gasteiger partial charge is 0.481 e. The van der Waals surface area contributed by atoms with Crippen LogP contribution in [0.4, 0.5) is 5.13 Å². The number of nitrogens with zero attached hydrogens (tertiary/aromatic N) is 1. The average Bonchev–Trinajstić information content (AvgIpc) is 3.17. The van der Waals surface area contributed by atoms with Crippen molar-refractivity contribution in [2.24, 2.45) is 0 Å². The highest BCUT2D eigenvalue weighted by atomic mass is 32.1. The van der Waals surface area contributed by atoms with Crippen LogP contribution in [0.5, 0.6) is 5.75 Å². The molecule has 0 aliphatic heterocycles. The maximum atomic E-state index is 11.8. The van der Waals surface area contributed by atoms with Gasteiger partial charge in [-0.2, -0.15) is 0 Å². The molecule has 1 aromatic carbocycles. The summed E-state index contributed by atoms with van der Waals surface area (Å²) in [5.74, 6) is 0.288. The van der Waals surface area contributed by atoms with Crippen molar-refractivity contribution in [1.29, 1.82) is 0 Å². The van der Waals surface area contributed by atoms with Crippen LogP contribution in [0.25, 0.3) is 11.3 Å². The molecule has 2 aromatic rings. The molecule has 1 heterocycles. The summed E-state index contributed by atoms with van der Waals surface area (Å²) in [7, 11) is 0. The molecular formula is C16H18N2O3S. The Morgan fingerprint density at radius 1 is 1.32 bits per heavy atom. The number of hydrogen-bond donors (Lipinski definition) is 1. The highest BCUT2D eigenvalue weighted by Gasteiger charge is 2.19. The number of anilines is 1. The van der Waals surface area contributed by atoms with Gasteiger partial charge in [0.05, 0.1) is 5.69 Å². The third-order valence-corrected chi connectivity index (χ3v) is 4.30. The summed E-state index contributed by atoms with van der Waals surface area (Å²) in [6, 6.07) is 7.46. The first-order valence-corrected chi connectivity index (χ1v) is 8.23. The van der Waals surface area contributed by atoms with Gasteiger partial charge in [-0.25, -0.2) is 9.78 Å². The Kier molecular flexibility index (Phi) is 4.58. The molecule has 0 atom stereocenters. The van der Waals surface area contributed by atoms with Gasteiger partial charge in [-0.15, -0.1) is 11.3 Å². The summed E-state index contributed by atoms with van der Waals surface area (Å²) in [4.78, 5) is 16.1. The molecule has 2 N–H and O–H groups in total. The van der Waals surface area contributed by atoms with Gasteiger partial charge in [-0.3, -0.25) is 0 Å². The molecule has 5 nitrogen and oxygen atoms in total. The summed E-state index contributed by atoms with van der Waals surface area (Å²) in [5, 5.41) is 2.37. The first kappa shape index (κ1) is 14.8. The lowest BCUT2D eigenvalue weighted by molar-refractivity contribution is -0.151. The molecule has 116 valence electrons. The van der Waals surface area contributed by atoms with Crippen LogP contribution in [0.3, 0.4) is 0 Å². The number of nitrogens with two attached hydrogens (primary N) is 1. The van der Waals surface area contributed by atoms with Gasteiger partial charge in [-0.1, -0.05) is 12.1 Å². The number of hydrogen-bond acceptors (Lipinski definition) is 6. The van der Waals surface area contributed by atoms with Gasteiger partial charge in [0.2, 0.25) is 0 Å². The Bertz CT molecular complexity index is 650. The van der Waals surface area contributed by atoms with Crippen molar-refractivity contribution in [1.82, 2.24) is 4.98 Å². The number of benzene rings is 1. The molecule has 0 unspecified atom stereocenters. The van der Waals surface area contributed by atoms with Crippen LogP contribution in [0, 0.1) is 0 Å². The molecule has 1 aliphatic carbocycles. The maximum absolute atomic E-state index is 11.8. The number of carbonyl (C=O) groups excluding carboxylic acids is 1. The molecule has 0 saturated heterocycles. The lowest BCUT2D eigenvalue weighted by Crippen LogP contribution is -2.20. The maximum Gasteiger partial charge on any atom is 0.344 e. The van der Waals surface area contributed by atoms with Crippen molar-refractivity contribution in [2.45, 2.75) is 31.8 Å². The highest BCUT2D eigenvalue weighted by Crippen LogP contribution is 2.31. The highest BCUT2D eigenvalue weighted by molar-refractivity contribution is 7.13. The van der Waals surface area contributed by atoms with E-state index in [1.54, 1.807) is 0 Å². The predicted octanol–water partition coefficient (Wildman–Crippen LogP) is 3.26. The summed E-state index contributed by atoms with van der Waals surface area (Å²) < 4.78 is 11.0. The van der Waals surface area contributed by atoms with E-state index in [2.05, 4.69) is 4.98 Å². The van der Waals surface area contributed by atoms with Gasteiger partial charge in [0.25, 0.3) is 0 Å². The number of aromatic nitrogens is 1. The van der Waals surface area contributed by atoms with Crippen molar-refractivity contribution in [3.05, 3.63) is 29.6 Å². The molecule has 1 aliphatic rings. The van der Waals surface area contributed by atoms with Crippen LogP contribution in [0.15, 0.2) is 29.6 Å². The number of para-hydroxylation sites is 1. The van der Waals surface area contributed by atoms with Gasteiger partial charge in [-0.05, 0) is 37.8 Å². The summed E-state index contributed by atoms with van der Waals surface area (Å²) in [6.07, 6.45) is 4.24. The van der Waals surface area contributed by atoms with Gasteiger partial charge in [0.1, 0.15) is 11.9 Å². The second-order valence-corrected chi connectivity index (χ2v) is 6.14. The molecule has 1 saturated carbocycles. The Morgan fingerprint density at radius 2 is 2.09 bits per heavy atom. The summed E-state index contributed by atoms with van der Waals surface area (Å²) in [5.41, 5.74) is 7.25. The van der Waals surface area contributed by atoms with Crippen molar-refractivity contribution >= 4 is 22.4 Å². The normalized spacial score (nSPS) is 14.9. The lowest BCUT2D eigenvalue weighted by atomic mass is 10.1. The second kappa shape index (κ2) is 6.79. The lowest BCUT2D eigenvalue weighted by Gasteiger charge is -2.13. The molecule has 0 spiro atoms. The fraction of sp³-hybridized carbons (Fsp3) is 0.375. The van der Waals surface area contributed by atoms with Crippen LogP contribution in [0.1, 0.15) is 25.7 Å². The molecule has 0 amide bonds. The van der Waals surface area contributed by atoms with Crippen LogP contribution < -0.4 is 10.5 Å². The first-order valence-electron chi connectivity index (χ1n) is 7.35. The van der Waals surface area contributed by atoms with E-state index in [0.29, 0.717) is 10.9 Å². The number of esters is 1. The fourth-order valence-corrected chi connectivity index (χ4v) is 3.14. The van der Waals surface area contributed by atoms with Gasteiger partial charge < -0.3 is 15.2 Å². The molecular weight excluding hydrogens is 300 g/mol. The Labute approximate surface area is 133 Å². The number of thiazole rings is 1. The molecule has 22 heavy (non-hydrogen) atoms. The summed E-state index contributed by atoms with van der Waals surface area (Å²) >= 11 is 1.37. The minimum atomic E-state index is -0.320.